The Balaban J connectivity index is 1.58. The lowest BCUT2D eigenvalue weighted by Crippen LogP contribution is -2.29. The number of phenols is 1. The highest BCUT2D eigenvalue weighted by Crippen LogP contribution is 2.33. The molecule has 0 bridgehead atoms. The second-order valence-electron chi connectivity index (χ2n) is 6.27. The maximum atomic E-state index is 13.0. The van der Waals surface area contributed by atoms with Crippen molar-refractivity contribution in [2.24, 2.45) is 4.99 Å². The van der Waals surface area contributed by atoms with E-state index in [1.807, 2.05) is 30.3 Å². The minimum Gasteiger partial charge on any atom is -0.507 e. The molecule has 0 amide bonds. The third kappa shape index (κ3) is 3.31. The third-order valence-corrected chi connectivity index (χ3v) is 6.39. The lowest BCUT2D eigenvalue weighted by molar-refractivity contribution is 0.474. The van der Waals surface area contributed by atoms with Crippen molar-refractivity contribution in [1.29, 1.82) is 0 Å². The number of hydrogen-bond acceptors (Lipinski definition) is 4. The average Bonchev–Trinajstić information content (AvgIpc) is 3.13. The molecular weight excluding hydrogens is 360 g/mol. The minimum absolute atomic E-state index is 0.146. The van der Waals surface area contributed by atoms with E-state index in [1.54, 1.807) is 48.7 Å². The van der Waals surface area contributed by atoms with E-state index in [4.69, 9.17) is 0 Å². The number of sulfonamides is 1. The molecule has 3 aromatic carbocycles. The van der Waals surface area contributed by atoms with Gasteiger partial charge in [-0.05, 0) is 54.4 Å². The van der Waals surface area contributed by atoms with Crippen LogP contribution in [0.5, 0.6) is 5.75 Å². The fourth-order valence-electron chi connectivity index (χ4n) is 3.13. The topological polar surface area (TPSA) is 70.0 Å². The predicted octanol–water partition coefficient (Wildman–Crippen LogP) is 3.89. The number of anilines is 1. The van der Waals surface area contributed by atoms with E-state index in [0.29, 0.717) is 17.8 Å². The number of hydrogen-bond donors (Lipinski definition) is 1. The molecule has 0 saturated carbocycles. The Morgan fingerprint density at radius 3 is 2.41 bits per heavy atom. The van der Waals surface area contributed by atoms with Gasteiger partial charge in [0, 0.05) is 18.3 Å². The molecule has 3 aromatic rings. The summed E-state index contributed by atoms with van der Waals surface area (Å²) in [5.41, 5.74) is 3.01. The summed E-state index contributed by atoms with van der Waals surface area (Å²) in [4.78, 5) is 4.54. The molecule has 1 aliphatic heterocycles. The van der Waals surface area contributed by atoms with Crippen molar-refractivity contribution in [2.45, 2.75) is 11.3 Å². The van der Waals surface area contributed by atoms with Gasteiger partial charge in [-0.1, -0.05) is 30.3 Å². The van der Waals surface area contributed by atoms with Gasteiger partial charge >= 0.3 is 0 Å². The maximum absolute atomic E-state index is 13.0. The van der Waals surface area contributed by atoms with Crippen molar-refractivity contribution in [2.75, 3.05) is 10.8 Å². The molecule has 0 atom stereocenters. The Bertz CT molecular complexity index is 1110. The Hall–Kier alpha value is -3.12. The minimum atomic E-state index is -3.60. The largest absolute Gasteiger partial charge is 0.507 e. The van der Waals surface area contributed by atoms with Crippen LogP contribution in [0.3, 0.4) is 0 Å². The highest BCUT2D eigenvalue weighted by atomic mass is 32.2. The van der Waals surface area contributed by atoms with Crippen LogP contribution in [0.4, 0.5) is 11.4 Å². The normalized spacial score (nSPS) is 13.9. The molecule has 0 radical (unpaired) electrons. The van der Waals surface area contributed by atoms with Crippen molar-refractivity contribution in [1.82, 2.24) is 0 Å². The molecule has 1 aliphatic rings. The van der Waals surface area contributed by atoms with E-state index in [0.717, 1.165) is 17.7 Å². The van der Waals surface area contributed by atoms with Crippen LogP contribution in [-0.2, 0) is 16.4 Å². The summed E-state index contributed by atoms with van der Waals surface area (Å²) in [6.45, 7) is 0.453. The van der Waals surface area contributed by atoms with Gasteiger partial charge in [-0.15, -0.1) is 0 Å². The molecule has 0 aliphatic carbocycles. The second kappa shape index (κ2) is 6.89. The molecule has 5 nitrogen and oxygen atoms in total. The monoisotopic (exact) mass is 378 g/mol. The summed E-state index contributed by atoms with van der Waals surface area (Å²) >= 11 is 0. The van der Waals surface area contributed by atoms with Gasteiger partial charge in [-0.3, -0.25) is 9.30 Å². The Morgan fingerprint density at radius 1 is 0.926 bits per heavy atom. The first kappa shape index (κ1) is 17.3. The quantitative estimate of drug-likeness (QED) is 0.700. The molecule has 0 aromatic heterocycles. The van der Waals surface area contributed by atoms with Crippen molar-refractivity contribution in [3.8, 4) is 5.75 Å². The number of rotatable bonds is 4. The van der Waals surface area contributed by atoms with Gasteiger partial charge in [-0.2, -0.15) is 0 Å². The molecule has 4 rings (SSSR count). The predicted molar refractivity (Wildman–Crippen MR) is 106 cm³/mol. The summed E-state index contributed by atoms with van der Waals surface area (Å²) in [5.74, 6) is 0.146. The zero-order valence-electron chi connectivity index (χ0n) is 14.5. The molecule has 0 saturated heterocycles. The first-order valence-electron chi connectivity index (χ1n) is 8.58. The summed E-state index contributed by atoms with van der Waals surface area (Å²) < 4.78 is 27.4. The van der Waals surface area contributed by atoms with Crippen LogP contribution in [0.2, 0.25) is 0 Å². The van der Waals surface area contributed by atoms with Gasteiger partial charge in [0.1, 0.15) is 5.75 Å². The zero-order valence-corrected chi connectivity index (χ0v) is 15.3. The Labute approximate surface area is 158 Å². The van der Waals surface area contributed by atoms with Crippen LogP contribution < -0.4 is 4.31 Å². The first-order valence-corrected chi connectivity index (χ1v) is 10.0. The van der Waals surface area contributed by atoms with Crippen molar-refractivity contribution in [3.63, 3.8) is 0 Å². The van der Waals surface area contributed by atoms with Gasteiger partial charge in [0.2, 0.25) is 0 Å². The second-order valence-corrected chi connectivity index (χ2v) is 8.13. The fourth-order valence-corrected chi connectivity index (χ4v) is 4.63. The molecular formula is C21H18N2O3S. The molecule has 6 heteroatoms. The standard InChI is InChI=1S/C21H18N2O3S/c24-21-8-4-2-6-17(21)15-22-18-9-11-19(12-10-18)27(25,26)23-14-13-16-5-1-3-7-20(16)23/h1-12,15,24H,13-14H2. The number of aromatic hydroxyl groups is 1. The van der Waals surface area contributed by atoms with Gasteiger partial charge in [0.25, 0.3) is 10.0 Å². The highest BCUT2D eigenvalue weighted by Gasteiger charge is 2.30. The molecule has 136 valence electrons. The van der Waals surface area contributed by atoms with Crippen LogP contribution in [0, 0.1) is 0 Å². The SMILES string of the molecule is O=S(=O)(c1ccc(N=Cc2ccccc2O)cc1)N1CCc2ccccc21. The van der Waals surface area contributed by atoms with Gasteiger partial charge < -0.3 is 5.11 Å². The molecule has 0 fully saturated rings. The van der Waals surface area contributed by atoms with Crippen molar-refractivity contribution < 1.29 is 13.5 Å². The van der Waals surface area contributed by atoms with Gasteiger partial charge in [-0.25, -0.2) is 8.42 Å². The van der Waals surface area contributed by atoms with Crippen LogP contribution >= 0.6 is 0 Å². The summed E-state index contributed by atoms with van der Waals surface area (Å²) in [5, 5.41) is 9.76. The fraction of sp³-hybridized carbons (Fsp3) is 0.0952. The smallest absolute Gasteiger partial charge is 0.264 e. The molecule has 0 spiro atoms. The van der Waals surface area contributed by atoms with E-state index in [1.165, 1.54) is 4.31 Å². The molecule has 1 heterocycles. The van der Waals surface area contributed by atoms with Gasteiger partial charge in [0.05, 0.1) is 16.3 Å². The third-order valence-electron chi connectivity index (χ3n) is 4.56. The number of fused-ring (bicyclic) bond motifs is 1. The summed E-state index contributed by atoms with van der Waals surface area (Å²) in [6, 6.07) is 20.9. The first-order chi connectivity index (χ1) is 13.1. The molecule has 1 N–H and O–H groups in total. The summed E-state index contributed by atoms with van der Waals surface area (Å²) in [7, 11) is -3.60. The van der Waals surface area contributed by atoms with E-state index >= 15 is 0 Å². The van der Waals surface area contributed by atoms with Gasteiger partial charge in [0.15, 0.2) is 0 Å². The highest BCUT2D eigenvalue weighted by molar-refractivity contribution is 7.92. The number of aliphatic imine (C=N–C) groups is 1. The van der Waals surface area contributed by atoms with Crippen molar-refractivity contribution in [3.05, 3.63) is 83.9 Å². The van der Waals surface area contributed by atoms with E-state index in [9.17, 15) is 13.5 Å². The molecule has 27 heavy (non-hydrogen) atoms. The lowest BCUT2D eigenvalue weighted by atomic mass is 10.2. The number of nitrogens with zero attached hydrogens (tertiary/aromatic N) is 2. The van der Waals surface area contributed by atoms with Crippen LogP contribution in [0.25, 0.3) is 0 Å². The van der Waals surface area contributed by atoms with Crippen LogP contribution in [0.15, 0.2) is 82.7 Å². The molecule has 0 unspecified atom stereocenters. The number of benzene rings is 3. The van der Waals surface area contributed by atoms with E-state index < -0.39 is 10.0 Å². The van der Waals surface area contributed by atoms with Crippen molar-refractivity contribution >= 4 is 27.6 Å². The maximum Gasteiger partial charge on any atom is 0.264 e. The Kier molecular flexibility index (Phi) is 4.41. The Morgan fingerprint density at radius 2 is 1.63 bits per heavy atom. The number of para-hydroxylation sites is 2. The average molecular weight is 378 g/mol. The van der Waals surface area contributed by atoms with E-state index in [-0.39, 0.29) is 10.6 Å². The van der Waals surface area contributed by atoms with Crippen LogP contribution in [0.1, 0.15) is 11.1 Å². The lowest BCUT2D eigenvalue weighted by Gasteiger charge is -2.19. The van der Waals surface area contributed by atoms with E-state index in [2.05, 4.69) is 4.99 Å². The van der Waals surface area contributed by atoms with Crippen LogP contribution in [-0.4, -0.2) is 26.3 Å². The zero-order chi connectivity index (χ0) is 18.9. The number of phenolic OH excluding ortho intramolecular Hbond substituents is 1. The summed E-state index contributed by atoms with van der Waals surface area (Å²) in [6.07, 6.45) is 2.27.